The van der Waals surface area contributed by atoms with Crippen LogP contribution in [-0.4, -0.2) is 49.3 Å². The van der Waals surface area contributed by atoms with Crippen LogP contribution in [0.1, 0.15) is 0 Å². The first-order chi connectivity index (χ1) is 12.2. The Labute approximate surface area is 146 Å². The van der Waals surface area contributed by atoms with Gasteiger partial charge in [-0.2, -0.15) is 79.0 Å². The summed E-state index contributed by atoms with van der Waals surface area (Å²) in [6.45, 7) is 0. The molecule has 0 fully saturated rings. The van der Waals surface area contributed by atoms with Crippen molar-refractivity contribution in [2.75, 3.05) is 0 Å². The lowest BCUT2D eigenvalue weighted by Gasteiger charge is -2.38. The van der Waals surface area contributed by atoms with Crippen molar-refractivity contribution in [1.29, 1.82) is 0 Å². The maximum Gasteiger partial charge on any atom is 0.415 e. The molecular formula is C10H4F18O. The summed E-state index contributed by atoms with van der Waals surface area (Å²) in [7, 11) is 0. The van der Waals surface area contributed by atoms with Gasteiger partial charge in [0, 0.05) is 0 Å². The number of halogens is 18. The Kier molecular flexibility index (Phi) is 7.40. The minimum Gasteiger partial charge on any atom is -0.354 e. The van der Waals surface area contributed by atoms with Gasteiger partial charge in [-0.15, -0.1) is 0 Å². The van der Waals surface area contributed by atoms with Gasteiger partial charge in [0.05, 0.1) is 0 Å². The third kappa shape index (κ3) is 7.47. The molecule has 0 rings (SSSR count). The van der Waals surface area contributed by atoms with Gasteiger partial charge in [0.2, 0.25) is 0 Å². The Morgan fingerprint density at radius 2 is 0.483 bits per heavy atom. The molecule has 0 aromatic carbocycles. The van der Waals surface area contributed by atoms with E-state index in [1.54, 1.807) is 0 Å². The van der Waals surface area contributed by atoms with Crippen LogP contribution in [0.5, 0.6) is 0 Å². The second kappa shape index (κ2) is 7.75. The number of hydrogen-bond acceptors (Lipinski definition) is 1. The standard InChI is InChI=1S/C10H4F18O/c11-5(12,13)1(6(14,15)16)3(9(23,24)25)29-4(10(26,27)28)2(7(17,18)19)8(20,21)22/h1-4H. The molecule has 0 aromatic rings. The molecule has 0 radical (unpaired) electrons. The van der Waals surface area contributed by atoms with E-state index >= 15 is 0 Å². The average Bonchev–Trinajstić information content (AvgIpc) is 2.26. The first-order valence-corrected chi connectivity index (χ1v) is 6.27. The number of hydrogen-bond donors (Lipinski definition) is 0. The van der Waals surface area contributed by atoms with Crippen molar-refractivity contribution in [2.45, 2.75) is 49.3 Å². The van der Waals surface area contributed by atoms with Crippen molar-refractivity contribution >= 4 is 0 Å². The highest BCUT2D eigenvalue weighted by molar-refractivity contribution is 4.93. The zero-order valence-corrected chi connectivity index (χ0v) is 12.5. The van der Waals surface area contributed by atoms with Gasteiger partial charge in [-0.3, -0.25) is 0 Å². The Morgan fingerprint density at radius 1 is 0.310 bits per heavy atom. The molecule has 0 N–H and O–H groups in total. The highest BCUT2D eigenvalue weighted by Crippen LogP contribution is 2.51. The van der Waals surface area contributed by atoms with Crippen LogP contribution < -0.4 is 0 Å². The lowest BCUT2D eigenvalue weighted by Crippen LogP contribution is -2.59. The molecule has 0 aliphatic carbocycles. The van der Waals surface area contributed by atoms with Crippen LogP contribution in [0, 0.1) is 11.8 Å². The third-order valence-corrected chi connectivity index (χ3v) is 2.95. The van der Waals surface area contributed by atoms with Gasteiger partial charge in [-0.1, -0.05) is 0 Å². The predicted molar refractivity (Wildman–Crippen MR) is 52.0 cm³/mol. The molecule has 0 aliphatic rings. The van der Waals surface area contributed by atoms with E-state index < -0.39 is 61.1 Å². The van der Waals surface area contributed by atoms with Crippen LogP contribution in [-0.2, 0) is 4.74 Å². The van der Waals surface area contributed by atoms with E-state index in [0.29, 0.717) is 0 Å². The summed E-state index contributed by atoms with van der Waals surface area (Å²) in [6, 6.07) is 0. The van der Waals surface area contributed by atoms with Crippen molar-refractivity contribution < 1.29 is 83.8 Å². The minimum atomic E-state index is -7.11. The van der Waals surface area contributed by atoms with Gasteiger partial charge in [-0.25, -0.2) is 0 Å². The zero-order valence-electron chi connectivity index (χ0n) is 12.5. The molecule has 2 unspecified atom stereocenters. The monoisotopic (exact) mass is 482 g/mol. The van der Waals surface area contributed by atoms with Crippen LogP contribution in [0.3, 0.4) is 0 Å². The maximum absolute atomic E-state index is 12.6. The topological polar surface area (TPSA) is 9.23 Å². The van der Waals surface area contributed by atoms with Gasteiger partial charge < -0.3 is 4.74 Å². The Bertz CT molecular complexity index is 450. The van der Waals surface area contributed by atoms with Crippen molar-refractivity contribution in [3.8, 4) is 0 Å². The van der Waals surface area contributed by atoms with E-state index in [9.17, 15) is 79.0 Å². The van der Waals surface area contributed by atoms with Crippen molar-refractivity contribution in [1.82, 2.24) is 0 Å². The Hall–Kier alpha value is -1.30. The van der Waals surface area contributed by atoms with Gasteiger partial charge in [-0.05, 0) is 0 Å². The summed E-state index contributed by atoms with van der Waals surface area (Å²) in [4.78, 5) is 0. The van der Waals surface area contributed by atoms with Gasteiger partial charge in [0.25, 0.3) is 0 Å². The highest BCUT2D eigenvalue weighted by Gasteiger charge is 2.72. The summed E-state index contributed by atoms with van der Waals surface area (Å²) in [5.41, 5.74) is 0. The van der Waals surface area contributed by atoms with Crippen molar-refractivity contribution in [2.24, 2.45) is 11.8 Å². The lowest BCUT2D eigenvalue weighted by atomic mass is 9.96. The van der Waals surface area contributed by atoms with E-state index in [4.69, 9.17) is 0 Å². The predicted octanol–water partition coefficient (Wildman–Crippen LogP) is 6.35. The molecular weight excluding hydrogens is 478 g/mol. The Morgan fingerprint density at radius 3 is 0.586 bits per heavy atom. The van der Waals surface area contributed by atoms with E-state index in [2.05, 4.69) is 4.74 Å². The molecule has 176 valence electrons. The summed E-state index contributed by atoms with van der Waals surface area (Å²) >= 11 is 0. The quantitative estimate of drug-likeness (QED) is 0.425. The van der Waals surface area contributed by atoms with Crippen LogP contribution >= 0.6 is 0 Å². The normalized spacial score (nSPS) is 17.8. The second-order valence-corrected chi connectivity index (χ2v) is 5.18. The summed E-state index contributed by atoms with van der Waals surface area (Å²) < 4.78 is 226. The molecule has 0 amide bonds. The average molecular weight is 482 g/mol. The van der Waals surface area contributed by atoms with Crippen LogP contribution in [0.4, 0.5) is 79.0 Å². The van der Waals surface area contributed by atoms with Crippen LogP contribution in [0.15, 0.2) is 0 Å². The van der Waals surface area contributed by atoms with Crippen LogP contribution in [0.25, 0.3) is 0 Å². The number of alkyl halides is 18. The summed E-state index contributed by atoms with van der Waals surface area (Å²) in [5, 5.41) is 0. The molecule has 0 bridgehead atoms. The largest absolute Gasteiger partial charge is 0.415 e. The molecule has 0 saturated heterocycles. The van der Waals surface area contributed by atoms with Gasteiger partial charge in [0.15, 0.2) is 24.0 Å². The first-order valence-electron chi connectivity index (χ1n) is 6.27. The molecule has 0 aromatic heterocycles. The molecule has 0 heterocycles. The SMILES string of the molecule is FC(F)(F)C(OC(C(C(F)(F)F)C(F)(F)F)C(F)(F)F)C(C(F)(F)F)C(F)(F)F. The van der Waals surface area contributed by atoms with E-state index in [0.717, 1.165) is 0 Å². The van der Waals surface area contributed by atoms with Gasteiger partial charge >= 0.3 is 37.1 Å². The van der Waals surface area contributed by atoms with Crippen molar-refractivity contribution in [3.05, 3.63) is 0 Å². The van der Waals surface area contributed by atoms with Crippen LogP contribution in [0.2, 0.25) is 0 Å². The van der Waals surface area contributed by atoms with E-state index in [-0.39, 0.29) is 0 Å². The molecule has 19 heteroatoms. The lowest BCUT2D eigenvalue weighted by molar-refractivity contribution is -0.400. The number of rotatable bonds is 4. The fraction of sp³-hybridized carbons (Fsp3) is 1.00. The second-order valence-electron chi connectivity index (χ2n) is 5.18. The fourth-order valence-electron chi connectivity index (χ4n) is 1.91. The maximum atomic E-state index is 12.6. The van der Waals surface area contributed by atoms with E-state index in [1.807, 2.05) is 0 Å². The first kappa shape index (κ1) is 27.7. The fourth-order valence-corrected chi connectivity index (χ4v) is 1.91. The molecule has 0 saturated carbocycles. The number of ether oxygens (including phenoxy) is 1. The molecule has 1 nitrogen and oxygen atoms in total. The molecule has 2 atom stereocenters. The Balaban J connectivity index is 6.69. The van der Waals surface area contributed by atoms with Crippen molar-refractivity contribution in [3.63, 3.8) is 0 Å². The van der Waals surface area contributed by atoms with Gasteiger partial charge in [0.1, 0.15) is 0 Å². The van der Waals surface area contributed by atoms with E-state index in [1.165, 1.54) is 0 Å². The highest BCUT2D eigenvalue weighted by atomic mass is 19.4. The summed E-state index contributed by atoms with van der Waals surface area (Å²) in [5.74, 6) is -11.8. The summed E-state index contributed by atoms with van der Waals surface area (Å²) in [6.07, 6.45) is -54.2. The molecule has 29 heavy (non-hydrogen) atoms. The molecule has 0 aliphatic heterocycles. The smallest absolute Gasteiger partial charge is 0.354 e. The molecule has 0 spiro atoms. The minimum absolute atomic E-state index is 2.28. The third-order valence-electron chi connectivity index (χ3n) is 2.95. The zero-order chi connectivity index (χ0) is 24.0.